The van der Waals surface area contributed by atoms with Gasteiger partial charge in [0.25, 0.3) is 0 Å². The third-order valence-electron chi connectivity index (χ3n) is 1.54. The van der Waals surface area contributed by atoms with Gasteiger partial charge in [-0.25, -0.2) is 0 Å². The molecule has 13 heavy (non-hydrogen) atoms. The lowest BCUT2D eigenvalue weighted by Crippen LogP contribution is -2.07. The summed E-state index contributed by atoms with van der Waals surface area (Å²) in [6.45, 7) is 5.34. The number of hydrogen-bond acceptors (Lipinski definition) is 1. The summed E-state index contributed by atoms with van der Waals surface area (Å²) in [6, 6.07) is 7.78. The molecule has 0 aliphatic carbocycles. The van der Waals surface area contributed by atoms with Crippen molar-refractivity contribution in [3.63, 3.8) is 0 Å². The average molecular weight is 220 g/mol. The molecule has 3 heteroatoms. The molecule has 0 unspecified atom stereocenters. The van der Waals surface area contributed by atoms with Gasteiger partial charge in [-0.2, -0.15) is 0 Å². The zero-order valence-electron chi connectivity index (χ0n) is 7.88. The zero-order valence-corrected chi connectivity index (χ0v) is 9.45. The van der Waals surface area contributed by atoms with E-state index in [0.717, 1.165) is 17.3 Å². The van der Waals surface area contributed by atoms with Gasteiger partial charge in [0, 0.05) is 17.3 Å². The number of hydrogen-bond donors (Lipinski definition) is 1. The smallest absolute Gasteiger partial charge is 0.0426 e. The molecular weight excluding hydrogens is 205 g/mol. The minimum Gasteiger partial charge on any atom is -0.385 e. The molecule has 0 aliphatic rings. The van der Waals surface area contributed by atoms with Crippen molar-refractivity contribution < 1.29 is 0 Å². The molecule has 0 atom stereocenters. The quantitative estimate of drug-likeness (QED) is 0.816. The second kappa shape index (κ2) is 6.11. The van der Waals surface area contributed by atoms with Crippen LogP contribution < -0.4 is 5.32 Å². The van der Waals surface area contributed by atoms with E-state index in [0.29, 0.717) is 5.92 Å². The van der Waals surface area contributed by atoms with E-state index in [-0.39, 0.29) is 12.4 Å². The summed E-state index contributed by atoms with van der Waals surface area (Å²) in [6.07, 6.45) is 0. The summed E-state index contributed by atoms with van der Waals surface area (Å²) in [5.74, 6) is 0.656. The second-order valence-electron chi connectivity index (χ2n) is 3.29. The largest absolute Gasteiger partial charge is 0.385 e. The minimum absolute atomic E-state index is 0. The fraction of sp³-hybridized carbons (Fsp3) is 0.400. The maximum Gasteiger partial charge on any atom is 0.0426 e. The highest BCUT2D eigenvalue weighted by atomic mass is 35.5. The first-order valence-corrected chi connectivity index (χ1v) is 4.55. The van der Waals surface area contributed by atoms with E-state index in [2.05, 4.69) is 19.2 Å². The number of nitrogens with one attached hydrogen (secondary N) is 1. The van der Waals surface area contributed by atoms with Crippen molar-refractivity contribution >= 4 is 29.7 Å². The van der Waals surface area contributed by atoms with Crippen LogP contribution >= 0.6 is 24.0 Å². The highest BCUT2D eigenvalue weighted by molar-refractivity contribution is 6.30. The number of halogens is 2. The summed E-state index contributed by atoms with van der Waals surface area (Å²) in [4.78, 5) is 0. The molecule has 0 heterocycles. The van der Waals surface area contributed by atoms with E-state index in [9.17, 15) is 0 Å². The van der Waals surface area contributed by atoms with Crippen LogP contribution in [0, 0.1) is 5.92 Å². The van der Waals surface area contributed by atoms with Crippen LogP contribution in [0.5, 0.6) is 0 Å². The van der Waals surface area contributed by atoms with Crippen LogP contribution in [0.4, 0.5) is 5.69 Å². The van der Waals surface area contributed by atoms with E-state index in [4.69, 9.17) is 11.6 Å². The minimum atomic E-state index is 0. The molecule has 0 aromatic heterocycles. The molecule has 0 saturated heterocycles. The second-order valence-corrected chi connectivity index (χ2v) is 3.72. The van der Waals surface area contributed by atoms with Crippen LogP contribution in [0.15, 0.2) is 24.3 Å². The number of anilines is 1. The molecule has 0 spiro atoms. The van der Waals surface area contributed by atoms with Gasteiger partial charge < -0.3 is 5.32 Å². The van der Waals surface area contributed by atoms with Gasteiger partial charge in [-0.1, -0.05) is 31.5 Å². The monoisotopic (exact) mass is 219 g/mol. The maximum absolute atomic E-state index is 5.82. The standard InChI is InChI=1S/C10H14ClN.ClH/c1-8(2)7-12-10-5-3-4-9(11)6-10;/h3-6,8,12H,7H2,1-2H3;1H. The SMILES string of the molecule is CC(C)CNc1cccc(Cl)c1.Cl. The molecule has 0 bridgehead atoms. The summed E-state index contributed by atoms with van der Waals surface area (Å²) in [5, 5.41) is 4.08. The van der Waals surface area contributed by atoms with E-state index in [1.807, 2.05) is 24.3 Å². The molecule has 1 nitrogen and oxygen atoms in total. The average Bonchev–Trinajstić information content (AvgIpc) is 2.01. The van der Waals surface area contributed by atoms with Gasteiger partial charge in [0.1, 0.15) is 0 Å². The van der Waals surface area contributed by atoms with Crippen molar-refractivity contribution in [2.45, 2.75) is 13.8 Å². The van der Waals surface area contributed by atoms with Crippen LogP contribution in [0.1, 0.15) is 13.8 Å². The van der Waals surface area contributed by atoms with Crippen LogP contribution in [-0.4, -0.2) is 6.54 Å². The Labute approximate surface area is 90.9 Å². The zero-order chi connectivity index (χ0) is 8.97. The highest BCUT2D eigenvalue weighted by Crippen LogP contribution is 2.14. The van der Waals surface area contributed by atoms with Crippen molar-refractivity contribution in [2.24, 2.45) is 5.92 Å². The predicted molar refractivity (Wildman–Crippen MR) is 62.0 cm³/mol. The molecule has 0 radical (unpaired) electrons. The molecule has 1 N–H and O–H groups in total. The Bertz CT molecular complexity index is 248. The van der Waals surface area contributed by atoms with Crippen LogP contribution in [0.25, 0.3) is 0 Å². The summed E-state index contributed by atoms with van der Waals surface area (Å²) < 4.78 is 0. The number of benzene rings is 1. The Kier molecular flexibility index (Phi) is 5.93. The highest BCUT2D eigenvalue weighted by Gasteiger charge is 1.94. The Morgan fingerprint density at radius 3 is 2.62 bits per heavy atom. The molecular formula is C10H15Cl2N. The third kappa shape index (κ3) is 5.02. The maximum atomic E-state index is 5.82. The first kappa shape index (κ1) is 12.6. The van der Waals surface area contributed by atoms with Crippen LogP contribution in [-0.2, 0) is 0 Å². The lowest BCUT2D eigenvalue weighted by molar-refractivity contribution is 0.689. The van der Waals surface area contributed by atoms with Gasteiger partial charge in [0.05, 0.1) is 0 Å². The van der Waals surface area contributed by atoms with E-state index in [1.54, 1.807) is 0 Å². The van der Waals surface area contributed by atoms with E-state index >= 15 is 0 Å². The van der Waals surface area contributed by atoms with Crippen molar-refractivity contribution in [3.8, 4) is 0 Å². The van der Waals surface area contributed by atoms with Crippen molar-refractivity contribution in [3.05, 3.63) is 29.3 Å². The van der Waals surface area contributed by atoms with E-state index < -0.39 is 0 Å². The Morgan fingerprint density at radius 2 is 2.08 bits per heavy atom. The van der Waals surface area contributed by atoms with Crippen molar-refractivity contribution in [2.75, 3.05) is 11.9 Å². The van der Waals surface area contributed by atoms with Gasteiger partial charge in [-0.05, 0) is 24.1 Å². The van der Waals surface area contributed by atoms with Crippen LogP contribution in [0.3, 0.4) is 0 Å². The summed E-state index contributed by atoms with van der Waals surface area (Å²) in [7, 11) is 0. The molecule has 0 fully saturated rings. The Morgan fingerprint density at radius 1 is 1.38 bits per heavy atom. The third-order valence-corrected chi connectivity index (χ3v) is 1.77. The fourth-order valence-corrected chi connectivity index (χ4v) is 1.11. The Balaban J connectivity index is 0.00000144. The first-order chi connectivity index (χ1) is 5.68. The van der Waals surface area contributed by atoms with Crippen molar-refractivity contribution in [1.29, 1.82) is 0 Å². The first-order valence-electron chi connectivity index (χ1n) is 4.18. The van der Waals surface area contributed by atoms with Gasteiger partial charge in [0.2, 0.25) is 0 Å². The molecule has 0 saturated carbocycles. The fourth-order valence-electron chi connectivity index (χ4n) is 0.920. The van der Waals surface area contributed by atoms with Gasteiger partial charge in [0.15, 0.2) is 0 Å². The number of rotatable bonds is 3. The van der Waals surface area contributed by atoms with Crippen LogP contribution in [0.2, 0.25) is 5.02 Å². The molecule has 1 aromatic rings. The summed E-state index contributed by atoms with van der Waals surface area (Å²) >= 11 is 5.82. The molecule has 74 valence electrons. The van der Waals surface area contributed by atoms with Gasteiger partial charge in [-0.3, -0.25) is 0 Å². The topological polar surface area (TPSA) is 12.0 Å². The van der Waals surface area contributed by atoms with Gasteiger partial charge >= 0.3 is 0 Å². The summed E-state index contributed by atoms with van der Waals surface area (Å²) in [5.41, 5.74) is 1.09. The normalized spacial score (nSPS) is 9.54. The predicted octanol–water partition coefficient (Wildman–Crippen LogP) is 3.83. The molecule has 0 aliphatic heterocycles. The van der Waals surface area contributed by atoms with E-state index in [1.165, 1.54) is 0 Å². The van der Waals surface area contributed by atoms with Crippen molar-refractivity contribution in [1.82, 2.24) is 0 Å². The molecule has 1 aromatic carbocycles. The Hall–Kier alpha value is -0.400. The van der Waals surface area contributed by atoms with Gasteiger partial charge in [-0.15, -0.1) is 12.4 Å². The lowest BCUT2D eigenvalue weighted by atomic mass is 10.2. The lowest BCUT2D eigenvalue weighted by Gasteiger charge is -2.08. The molecule has 0 amide bonds. The molecule has 1 rings (SSSR count).